The summed E-state index contributed by atoms with van der Waals surface area (Å²) in [5.41, 5.74) is 4.12. The molecule has 3 aromatic rings. The van der Waals surface area contributed by atoms with Crippen LogP contribution in [0.1, 0.15) is 41.4 Å². The molecule has 164 valence electrons. The number of aromatic amines is 1. The number of benzene rings is 1. The van der Waals surface area contributed by atoms with E-state index in [-0.39, 0.29) is 11.8 Å². The van der Waals surface area contributed by atoms with Crippen molar-refractivity contribution in [3.05, 3.63) is 59.3 Å². The first-order valence-electron chi connectivity index (χ1n) is 10.9. The van der Waals surface area contributed by atoms with E-state index in [0.29, 0.717) is 32.8 Å². The first-order chi connectivity index (χ1) is 15.2. The Balaban J connectivity index is 1.45. The molecule has 3 heterocycles. The van der Waals surface area contributed by atoms with Crippen LogP contribution in [0.15, 0.2) is 36.7 Å². The summed E-state index contributed by atoms with van der Waals surface area (Å²) in [6.07, 6.45) is 6.20. The van der Waals surface area contributed by atoms with Gasteiger partial charge in [0, 0.05) is 55.0 Å². The fourth-order valence-electron chi connectivity index (χ4n) is 4.28. The van der Waals surface area contributed by atoms with Crippen molar-refractivity contribution < 1.29 is 14.3 Å². The van der Waals surface area contributed by atoms with E-state index >= 15 is 0 Å². The van der Waals surface area contributed by atoms with Gasteiger partial charge in [-0.25, -0.2) is 9.97 Å². The maximum Gasteiger partial charge on any atom is 0.227 e. The van der Waals surface area contributed by atoms with Gasteiger partial charge in [0.15, 0.2) is 0 Å². The number of piperidine rings is 1. The Morgan fingerprint density at radius 1 is 1.26 bits per heavy atom. The van der Waals surface area contributed by atoms with Gasteiger partial charge in [-0.15, -0.1) is 0 Å². The number of hydrogen-bond donors (Lipinski definition) is 1. The Labute approximate surface area is 182 Å². The molecule has 1 atom stereocenters. The highest BCUT2D eigenvalue weighted by Gasteiger charge is 2.28. The molecule has 2 aromatic heterocycles. The number of rotatable bonds is 8. The van der Waals surface area contributed by atoms with E-state index in [0.717, 1.165) is 52.9 Å². The summed E-state index contributed by atoms with van der Waals surface area (Å²) in [6, 6.07) is 8.11. The van der Waals surface area contributed by atoms with Gasteiger partial charge in [0.2, 0.25) is 5.91 Å². The lowest BCUT2D eigenvalue weighted by Gasteiger charge is -2.33. The molecule has 1 aliphatic heterocycles. The van der Waals surface area contributed by atoms with Crippen LogP contribution in [0.4, 0.5) is 0 Å². The number of fused-ring (bicyclic) bond motifs is 1. The highest BCUT2D eigenvalue weighted by atomic mass is 16.5. The maximum atomic E-state index is 13.1. The zero-order valence-corrected chi connectivity index (χ0v) is 18.3. The van der Waals surface area contributed by atoms with Crippen molar-refractivity contribution in [3.63, 3.8) is 0 Å². The van der Waals surface area contributed by atoms with Crippen LogP contribution in [-0.2, 0) is 27.3 Å². The summed E-state index contributed by atoms with van der Waals surface area (Å²) in [5, 5.41) is 1.12. The number of para-hydroxylation sites is 1. The zero-order chi connectivity index (χ0) is 21.6. The molecule has 1 aromatic carbocycles. The summed E-state index contributed by atoms with van der Waals surface area (Å²) in [6.45, 7) is 4.93. The Kier molecular flexibility index (Phi) is 6.94. The predicted molar refractivity (Wildman–Crippen MR) is 119 cm³/mol. The third kappa shape index (κ3) is 5.11. The number of nitrogens with zero attached hydrogens (tertiary/aromatic N) is 3. The van der Waals surface area contributed by atoms with Crippen LogP contribution in [0.3, 0.4) is 0 Å². The summed E-state index contributed by atoms with van der Waals surface area (Å²) in [7, 11) is 1.66. The molecule has 1 N–H and O–H groups in total. The second-order valence-corrected chi connectivity index (χ2v) is 8.09. The fourth-order valence-corrected chi connectivity index (χ4v) is 4.28. The van der Waals surface area contributed by atoms with Crippen LogP contribution in [0.2, 0.25) is 0 Å². The highest BCUT2D eigenvalue weighted by molar-refractivity contribution is 5.88. The molecule has 4 rings (SSSR count). The van der Waals surface area contributed by atoms with Crippen molar-refractivity contribution >= 4 is 16.8 Å². The lowest BCUT2D eigenvalue weighted by Crippen LogP contribution is -2.40. The van der Waals surface area contributed by atoms with E-state index in [1.165, 1.54) is 0 Å². The molecular weight excluding hydrogens is 392 g/mol. The summed E-state index contributed by atoms with van der Waals surface area (Å²) < 4.78 is 10.8. The second-order valence-electron chi connectivity index (χ2n) is 8.09. The van der Waals surface area contributed by atoms with Crippen molar-refractivity contribution in [2.75, 3.05) is 33.4 Å². The topological polar surface area (TPSA) is 80.3 Å². The first-order valence-corrected chi connectivity index (χ1v) is 10.9. The van der Waals surface area contributed by atoms with Gasteiger partial charge in [-0.1, -0.05) is 18.2 Å². The number of nitrogens with one attached hydrogen (secondary N) is 1. The Bertz CT molecular complexity index is 1030. The van der Waals surface area contributed by atoms with E-state index in [4.69, 9.17) is 14.5 Å². The Hall–Kier alpha value is -2.77. The van der Waals surface area contributed by atoms with Gasteiger partial charge in [-0.05, 0) is 31.4 Å². The SMILES string of the molecule is COCCOCc1cnc(C)nc1C1CCCN(C(=O)Cc2c[nH]c3ccccc23)C1. The number of H-pyrrole nitrogens is 1. The number of carbonyl (C=O) groups excluding carboxylic acids is 1. The van der Waals surface area contributed by atoms with Crippen LogP contribution < -0.4 is 0 Å². The average molecular weight is 423 g/mol. The standard InChI is InChI=1S/C24H30N4O3/c1-17-25-14-20(16-31-11-10-30-2)24(27-17)18-6-5-9-28(15-18)23(29)12-19-13-26-22-8-4-3-7-21(19)22/h3-4,7-8,13-14,18,26H,5-6,9-12,15-16H2,1-2H3. The molecular formula is C24H30N4O3. The van der Waals surface area contributed by atoms with Crippen LogP contribution in [0.5, 0.6) is 0 Å². The first kappa shape index (κ1) is 21.5. The number of methoxy groups -OCH3 is 1. The van der Waals surface area contributed by atoms with Crippen molar-refractivity contribution in [2.24, 2.45) is 0 Å². The average Bonchev–Trinajstić information content (AvgIpc) is 3.20. The van der Waals surface area contributed by atoms with Gasteiger partial charge >= 0.3 is 0 Å². The van der Waals surface area contributed by atoms with Crippen LogP contribution in [0.25, 0.3) is 10.9 Å². The third-order valence-electron chi connectivity index (χ3n) is 5.89. The van der Waals surface area contributed by atoms with Crippen LogP contribution in [0, 0.1) is 6.92 Å². The molecule has 7 nitrogen and oxygen atoms in total. The van der Waals surface area contributed by atoms with Gasteiger partial charge in [0.1, 0.15) is 5.82 Å². The quantitative estimate of drug-likeness (QED) is 0.563. The van der Waals surface area contributed by atoms with Gasteiger partial charge in [-0.2, -0.15) is 0 Å². The minimum absolute atomic E-state index is 0.165. The smallest absolute Gasteiger partial charge is 0.227 e. The lowest BCUT2D eigenvalue weighted by molar-refractivity contribution is -0.131. The molecule has 0 spiro atoms. The van der Waals surface area contributed by atoms with E-state index in [1.54, 1.807) is 7.11 Å². The normalized spacial score (nSPS) is 16.7. The monoisotopic (exact) mass is 422 g/mol. The number of amides is 1. The number of likely N-dealkylation sites (tertiary alicyclic amines) is 1. The largest absolute Gasteiger partial charge is 0.382 e. The number of hydrogen-bond acceptors (Lipinski definition) is 5. The van der Waals surface area contributed by atoms with Crippen molar-refractivity contribution in [2.45, 2.75) is 38.7 Å². The van der Waals surface area contributed by atoms with E-state index < -0.39 is 0 Å². The highest BCUT2D eigenvalue weighted by Crippen LogP contribution is 2.29. The van der Waals surface area contributed by atoms with Gasteiger partial charge in [0.05, 0.1) is 31.9 Å². The molecule has 1 aliphatic rings. The van der Waals surface area contributed by atoms with Crippen molar-refractivity contribution in [3.8, 4) is 0 Å². The maximum absolute atomic E-state index is 13.1. The third-order valence-corrected chi connectivity index (χ3v) is 5.89. The molecule has 0 saturated carbocycles. The van der Waals surface area contributed by atoms with E-state index in [2.05, 4.69) is 16.0 Å². The minimum atomic E-state index is 0.165. The van der Waals surface area contributed by atoms with Crippen molar-refractivity contribution in [1.29, 1.82) is 0 Å². The summed E-state index contributed by atoms with van der Waals surface area (Å²) in [5.74, 6) is 1.11. The Morgan fingerprint density at radius 3 is 3.00 bits per heavy atom. The molecule has 1 unspecified atom stereocenters. The second kappa shape index (κ2) is 10.0. The number of aromatic nitrogens is 3. The molecule has 1 amide bonds. The molecule has 0 bridgehead atoms. The summed E-state index contributed by atoms with van der Waals surface area (Å²) >= 11 is 0. The molecule has 31 heavy (non-hydrogen) atoms. The molecule has 1 saturated heterocycles. The van der Waals surface area contributed by atoms with E-state index in [1.807, 2.05) is 42.4 Å². The molecule has 0 radical (unpaired) electrons. The van der Waals surface area contributed by atoms with Gasteiger partial charge < -0.3 is 19.4 Å². The number of ether oxygens (including phenoxy) is 2. The van der Waals surface area contributed by atoms with Crippen LogP contribution in [-0.4, -0.2) is 59.2 Å². The molecule has 0 aliphatic carbocycles. The van der Waals surface area contributed by atoms with Crippen molar-refractivity contribution in [1.82, 2.24) is 19.9 Å². The van der Waals surface area contributed by atoms with Gasteiger partial charge in [0.25, 0.3) is 0 Å². The lowest BCUT2D eigenvalue weighted by atomic mass is 9.91. The van der Waals surface area contributed by atoms with Crippen LogP contribution >= 0.6 is 0 Å². The Morgan fingerprint density at radius 2 is 2.13 bits per heavy atom. The predicted octanol–water partition coefficient (Wildman–Crippen LogP) is 3.38. The summed E-state index contributed by atoms with van der Waals surface area (Å²) in [4.78, 5) is 27.5. The van der Waals surface area contributed by atoms with E-state index in [9.17, 15) is 4.79 Å². The number of carbonyl (C=O) groups is 1. The molecule has 1 fully saturated rings. The minimum Gasteiger partial charge on any atom is -0.382 e. The molecule has 7 heteroatoms. The zero-order valence-electron chi connectivity index (χ0n) is 18.3. The number of aryl methyl sites for hydroxylation is 1. The fraction of sp³-hybridized carbons (Fsp3) is 0.458. The van der Waals surface area contributed by atoms with Gasteiger partial charge in [-0.3, -0.25) is 4.79 Å².